The molecule has 0 aliphatic carbocycles. The Balaban J connectivity index is 1.66. The molecule has 0 atom stereocenters. The maximum absolute atomic E-state index is 5.87. The number of aromatic nitrogens is 2. The molecule has 6 aromatic rings. The molecule has 0 saturated heterocycles. The summed E-state index contributed by atoms with van der Waals surface area (Å²) in [7, 11) is 0. The molecule has 3 heteroatoms. The van der Waals surface area contributed by atoms with Crippen molar-refractivity contribution in [2.45, 2.75) is 0 Å². The van der Waals surface area contributed by atoms with E-state index < -0.39 is 0 Å². The Labute approximate surface area is 161 Å². The molecule has 0 unspecified atom stereocenters. The van der Waals surface area contributed by atoms with Crippen molar-refractivity contribution in [2.75, 3.05) is 0 Å². The third-order valence-corrected chi connectivity index (χ3v) is 5.34. The standard InChI is InChI=1S/C25H16N2O/c1-2-6-17(7-3-1)19-11-13-23(26-16-19)27-22-9-5-4-8-20(22)21-12-10-18-14-15-28-25(18)24(21)27/h1-16H. The molecule has 28 heavy (non-hydrogen) atoms. The summed E-state index contributed by atoms with van der Waals surface area (Å²) < 4.78 is 8.07. The van der Waals surface area contributed by atoms with Gasteiger partial charge in [0.15, 0.2) is 5.58 Å². The number of furan rings is 1. The molecule has 0 aliphatic heterocycles. The first-order chi connectivity index (χ1) is 13.9. The number of rotatable bonds is 2. The molecule has 3 heterocycles. The van der Waals surface area contributed by atoms with Gasteiger partial charge in [-0.25, -0.2) is 4.98 Å². The number of benzene rings is 3. The zero-order valence-electron chi connectivity index (χ0n) is 15.0. The molecule has 6 rings (SSSR count). The second-order valence-corrected chi connectivity index (χ2v) is 6.92. The van der Waals surface area contributed by atoms with Gasteiger partial charge in [0, 0.05) is 27.9 Å². The smallest absolute Gasteiger partial charge is 0.158 e. The Morgan fingerprint density at radius 2 is 1.54 bits per heavy atom. The number of pyridine rings is 1. The highest BCUT2D eigenvalue weighted by Gasteiger charge is 2.16. The summed E-state index contributed by atoms with van der Waals surface area (Å²) in [5.41, 5.74) is 5.35. The van der Waals surface area contributed by atoms with Crippen molar-refractivity contribution in [3.63, 3.8) is 0 Å². The highest BCUT2D eigenvalue weighted by molar-refractivity contribution is 6.16. The molecule has 0 aliphatic rings. The Morgan fingerprint density at radius 1 is 0.679 bits per heavy atom. The van der Waals surface area contributed by atoms with Crippen molar-refractivity contribution in [1.82, 2.24) is 9.55 Å². The van der Waals surface area contributed by atoms with E-state index in [1.54, 1.807) is 6.26 Å². The van der Waals surface area contributed by atoms with Crippen LogP contribution in [0.15, 0.2) is 102 Å². The molecule has 3 nitrogen and oxygen atoms in total. The van der Waals surface area contributed by atoms with Gasteiger partial charge in [-0.2, -0.15) is 0 Å². The second kappa shape index (κ2) is 5.83. The minimum absolute atomic E-state index is 0.884. The van der Waals surface area contributed by atoms with Crippen LogP contribution < -0.4 is 0 Å². The lowest BCUT2D eigenvalue weighted by molar-refractivity contribution is 0.618. The van der Waals surface area contributed by atoms with Gasteiger partial charge < -0.3 is 4.42 Å². The van der Waals surface area contributed by atoms with Gasteiger partial charge in [-0.15, -0.1) is 0 Å². The molecule has 0 fully saturated rings. The van der Waals surface area contributed by atoms with Crippen molar-refractivity contribution in [1.29, 1.82) is 0 Å². The van der Waals surface area contributed by atoms with Crippen molar-refractivity contribution in [3.8, 4) is 16.9 Å². The Morgan fingerprint density at radius 3 is 2.39 bits per heavy atom. The molecule has 0 radical (unpaired) electrons. The van der Waals surface area contributed by atoms with E-state index in [2.05, 4.69) is 65.2 Å². The maximum atomic E-state index is 5.87. The van der Waals surface area contributed by atoms with E-state index in [-0.39, 0.29) is 0 Å². The lowest BCUT2D eigenvalue weighted by atomic mass is 10.1. The fourth-order valence-electron chi connectivity index (χ4n) is 4.03. The van der Waals surface area contributed by atoms with Crippen LogP contribution in [0.3, 0.4) is 0 Å². The average Bonchev–Trinajstić information content (AvgIpc) is 3.37. The van der Waals surface area contributed by atoms with Crippen LogP contribution in [-0.4, -0.2) is 9.55 Å². The Hall–Kier alpha value is -3.85. The van der Waals surface area contributed by atoms with Crippen LogP contribution in [0, 0.1) is 0 Å². The molecule has 132 valence electrons. The third-order valence-electron chi connectivity index (χ3n) is 5.34. The fraction of sp³-hybridized carbons (Fsp3) is 0. The molecular formula is C25H16N2O. The van der Waals surface area contributed by atoms with Crippen molar-refractivity contribution in [3.05, 3.63) is 97.4 Å². The zero-order valence-corrected chi connectivity index (χ0v) is 15.0. The highest BCUT2D eigenvalue weighted by Crippen LogP contribution is 2.36. The van der Waals surface area contributed by atoms with Crippen LogP contribution in [0.2, 0.25) is 0 Å². The van der Waals surface area contributed by atoms with E-state index in [4.69, 9.17) is 9.40 Å². The summed E-state index contributed by atoms with van der Waals surface area (Å²) in [5.74, 6) is 0.884. The first kappa shape index (κ1) is 15.2. The molecule has 3 aromatic heterocycles. The molecule has 3 aromatic carbocycles. The topological polar surface area (TPSA) is 31.0 Å². The molecule has 0 amide bonds. The summed E-state index contributed by atoms with van der Waals surface area (Å²) >= 11 is 0. The van der Waals surface area contributed by atoms with Gasteiger partial charge in [-0.05, 0) is 29.8 Å². The van der Waals surface area contributed by atoms with E-state index in [9.17, 15) is 0 Å². The number of fused-ring (bicyclic) bond motifs is 5. The largest absolute Gasteiger partial charge is 0.462 e. The Kier molecular flexibility index (Phi) is 3.17. The fourth-order valence-corrected chi connectivity index (χ4v) is 4.03. The van der Waals surface area contributed by atoms with Crippen molar-refractivity contribution in [2.24, 2.45) is 0 Å². The molecule has 0 spiro atoms. The number of nitrogens with zero attached hydrogens (tertiary/aromatic N) is 2. The minimum Gasteiger partial charge on any atom is -0.462 e. The summed E-state index contributed by atoms with van der Waals surface area (Å²) in [4.78, 5) is 4.81. The van der Waals surface area contributed by atoms with Crippen LogP contribution in [0.5, 0.6) is 0 Å². The highest BCUT2D eigenvalue weighted by atomic mass is 16.3. The summed E-state index contributed by atoms with van der Waals surface area (Å²) in [5, 5.41) is 3.47. The van der Waals surface area contributed by atoms with Crippen molar-refractivity contribution < 1.29 is 4.42 Å². The van der Waals surface area contributed by atoms with Gasteiger partial charge in [0.1, 0.15) is 5.82 Å². The first-order valence-corrected chi connectivity index (χ1v) is 9.31. The number of hydrogen-bond donors (Lipinski definition) is 0. The quantitative estimate of drug-likeness (QED) is 0.349. The lowest BCUT2D eigenvalue weighted by Gasteiger charge is -2.08. The van der Waals surface area contributed by atoms with E-state index in [0.717, 1.165) is 38.9 Å². The molecule has 0 bridgehead atoms. The summed E-state index contributed by atoms with van der Waals surface area (Å²) in [6.07, 6.45) is 3.69. The molecular weight excluding hydrogens is 344 g/mol. The van der Waals surface area contributed by atoms with Gasteiger partial charge in [-0.1, -0.05) is 60.7 Å². The number of para-hydroxylation sites is 1. The SMILES string of the molecule is c1ccc(-c2ccc(-n3c4ccccc4c4ccc5ccoc5c43)nc2)cc1. The maximum Gasteiger partial charge on any atom is 0.158 e. The van der Waals surface area contributed by atoms with Crippen LogP contribution in [-0.2, 0) is 0 Å². The third kappa shape index (κ3) is 2.13. The van der Waals surface area contributed by atoms with E-state index in [1.165, 1.54) is 10.8 Å². The predicted molar refractivity (Wildman–Crippen MR) is 114 cm³/mol. The van der Waals surface area contributed by atoms with Gasteiger partial charge >= 0.3 is 0 Å². The minimum atomic E-state index is 0.884. The van der Waals surface area contributed by atoms with Gasteiger partial charge in [0.05, 0.1) is 17.3 Å². The monoisotopic (exact) mass is 360 g/mol. The Bertz CT molecular complexity index is 1440. The lowest BCUT2D eigenvalue weighted by Crippen LogP contribution is -1.97. The predicted octanol–water partition coefficient (Wildman–Crippen LogP) is 6.59. The number of hydrogen-bond acceptors (Lipinski definition) is 2. The normalized spacial score (nSPS) is 11.6. The van der Waals surface area contributed by atoms with E-state index >= 15 is 0 Å². The van der Waals surface area contributed by atoms with Crippen LogP contribution in [0.1, 0.15) is 0 Å². The van der Waals surface area contributed by atoms with E-state index in [1.807, 2.05) is 30.5 Å². The van der Waals surface area contributed by atoms with Crippen LogP contribution in [0.4, 0.5) is 0 Å². The van der Waals surface area contributed by atoms with Gasteiger partial charge in [-0.3, -0.25) is 4.57 Å². The van der Waals surface area contributed by atoms with Crippen LogP contribution >= 0.6 is 0 Å². The van der Waals surface area contributed by atoms with Crippen molar-refractivity contribution >= 4 is 32.8 Å². The first-order valence-electron chi connectivity index (χ1n) is 9.31. The van der Waals surface area contributed by atoms with Gasteiger partial charge in [0.2, 0.25) is 0 Å². The average molecular weight is 360 g/mol. The van der Waals surface area contributed by atoms with E-state index in [0.29, 0.717) is 0 Å². The summed E-state index contributed by atoms with van der Waals surface area (Å²) in [6, 6.07) is 29.2. The second-order valence-electron chi connectivity index (χ2n) is 6.92. The van der Waals surface area contributed by atoms with Crippen LogP contribution in [0.25, 0.3) is 49.7 Å². The molecule has 0 saturated carbocycles. The molecule has 0 N–H and O–H groups in total. The van der Waals surface area contributed by atoms with Gasteiger partial charge in [0.25, 0.3) is 0 Å². The zero-order chi connectivity index (χ0) is 18.5. The summed E-state index contributed by atoms with van der Waals surface area (Å²) in [6.45, 7) is 0.